The number of alkyl halides is 21. The summed E-state index contributed by atoms with van der Waals surface area (Å²) in [5.41, 5.74) is 3.28. The molecule has 0 aromatic rings. The van der Waals surface area contributed by atoms with Gasteiger partial charge in [0.1, 0.15) is 0 Å². The Hall–Kier alpha value is -2.69. The molecule has 0 aromatic heterocycles. The van der Waals surface area contributed by atoms with Crippen molar-refractivity contribution in [3.8, 4) is 0 Å². The fourth-order valence-corrected chi connectivity index (χ4v) is 3.79. The summed E-state index contributed by atoms with van der Waals surface area (Å²) >= 11 is 0. The summed E-state index contributed by atoms with van der Waals surface area (Å²) in [5, 5.41) is 0. The number of carbonyl (C=O) groups excluding carboxylic acids is 3. The summed E-state index contributed by atoms with van der Waals surface area (Å²) in [7, 11) is 1.65. The van der Waals surface area contributed by atoms with Crippen molar-refractivity contribution < 1.29 is 169 Å². The fraction of sp³-hybridized carbons (Fsp3) is 0.676. The fourth-order valence-electron chi connectivity index (χ4n) is 3.79. The standard InChI is InChI=1S/C12H16F7NO2.2C12H15F7O2.CH4.Eu/c1-21-8(5-3-4-6-20)7-9(22-2)10(13,14)11(15,16)12(17,18)19;2*1-9(2,3)7(20-4)6-8(21-5)10(13,14)11(15,16)12(17,18)19;;/h7H,1,3-6,20H2,2H3;2*6H,4H2,1-3,5H3;1H4;/b9-7-;2*8-6-;;. The molecule has 0 rings (SSSR count). The van der Waals surface area contributed by atoms with Crippen LogP contribution in [0.15, 0.2) is 35.5 Å². The molecule has 2 N–H and O–H groups in total. The Bertz CT molecular complexity index is 1500. The van der Waals surface area contributed by atoms with Crippen LogP contribution >= 0.6 is 0 Å². The minimum atomic E-state index is -6.45. The van der Waals surface area contributed by atoms with Crippen molar-refractivity contribution in [3.63, 3.8) is 0 Å². The molecule has 7 nitrogen and oxygen atoms in total. The van der Waals surface area contributed by atoms with Crippen LogP contribution in [-0.2, 0) is 27.5 Å². The molecular formula is C37H50EuF21NO6. The van der Waals surface area contributed by atoms with Gasteiger partial charge in [-0.05, 0) is 31.2 Å². The molecule has 0 saturated carbocycles. The van der Waals surface area contributed by atoms with Gasteiger partial charge in [0, 0.05) is 66.6 Å². The number of unbranched alkanes of at least 4 members (excludes halogenated alkanes) is 1. The molecule has 393 valence electrons. The quantitative estimate of drug-likeness (QED) is 0.0459. The van der Waals surface area contributed by atoms with Gasteiger partial charge in [-0.3, -0.25) is 0 Å². The third-order valence-corrected chi connectivity index (χ3v) is 7.51. The molecule has 29 heteroatoms. The Labute approximate surface area is 407 Å². The van der Waals surface area contributed by atoms with Gasteiger partial charge in [0.05, 0.1) is 38.6 Å². The van der Waals surface area contributed by atoms with E-state index in [9.17, 15) is 92.2 Å². The molecule has 0 fully saturated rings. The predicted octanol–water partition coefficient (Wildman–Crippen LogP) is 12.6. The smallest absolute Gasteiger partial charge is 0.459 e. The van der Waals surface area contributed by atoms with Gasteiger partial charge in [-0.1, -0.05) is 55.4 Å². The van der Waals surface area contributed by atoms with Crippen molar-refractivity contribution in [2.24, 2.45) is 16.6 Å². The van der Waals surface area contributed by atoms with E-state index in [1.165, 1.54) is 41.5 Å². The monoisotopic (exact) mass is 1160 g/mol. The molecule has 0 bridgehead atoms. The van der Waals surface area contributed by atoms with E-state index in [1.54, 1.807) is 0 Å². The van der Waals surface area contributed by atoms with Crippen LogP contribution in [0.25, 0.3) is 0 Å². The number of allylic oxidation sites excluding steroid dienone is 3. The van der Waals surface area contributed by atoms with Gasteiger partial charge in [-0.15, -0.1) is 0 Å². The average molecular weight is 1160 g/mol. The third-order valence-electron chi connectivity index (χ3n) is 7.51. The van der Waals surface area contributed by atoms with Gasteiger partial charge >= 0.3 is 54.1 Å². The van der Waals surface area contributed by atoms with E-state index in [0.29, 0.717) is 34.2 Å². The number of halogens is 21. The van der Waals surface area contributed by atoms with Crippen LogP contribution in [0.4, 0.5) is 92.2 Å². The van der Waals surface area contributed by atoms with Crippen LogP contribution in [0.5, 0.6) is 0 Å². The Morgan fingerprint density at radius 1 is 0.470 bits per heavy atom. The maximum absolute atomic E-state index is 13.5. The summed E-state index contributed by atoms with van der Waals surface area (Å²) in [6.07, 6.45) is -18.7. The van der Waals surface area contributed by atoms with Gasteiger partial charge in [-0.25, -0.2) is 26.3 Å². The van der Waals surface area contributed by atoms with Crippen LogP contribution in [0.1, 0.15) is 68.2 Å². The molecule has 0 saturated heterocycles. The van der Waals surface area contributed by atoms with Crippen LogP contribution < -0.4 is 5.73 Å². The Morgan fingerprint density at radius 2 is 0.712 bits per heavy atom. The molecule has 66 heavy (non-hydrogen) atoms. The van der Waals surface area contributed by atoms with E-state index in [-0.39, 0.29) is 106 Å². The van der Waals surface area contributed by atoms with Crippen molar-refractivity contribution in [3.05, 3.63) is 53.8 Å². The molecule has 0 unspecified atom stereocenters. The van der Waals surface area contributed by atoms with Gasteiger partial charge in [0.2, 0.25) is 18.3 Å². The second-order valence-electron chi connectivity index (χ2n) is 14.5. The molecule has 0 aliphatic heterocycles. The van der Waals surface area contributed by atoms with Gasteiger partial charge in [-0.2, -0.15) is 65.9 Å². The van der Waals surface area contributed by atoms with E-state index >= 15 is 0 Å². The Kier molecular flexibility index (Phi) is 28.8. The number of nitrogens with two attached hydrogens (primary N) is 1. The zero-order valence-corrected chi connectivity index (χ0v) is 37.9. The van der Waals surface area contributed by atoms with E-state index in [2.05, 4.69) is 47.9 Å². The molecule has 0 aromatic carbocycles. The largest absolute Gasteiger partial charge is 0.551 e. The maximum atomic E-state index is 13.5. The predicted molar refractivity (Wildman–Crippen MR) is 193 cm³/mol. The molecule has 0 aliphatic rings. The Morgan fingerprint density at radius 3 is 0.879 bits per heavy atom. The first-order chi connectivity index (χ1) is 28.2. The van der Waals surface area contributed by atoms with Crippen molar-refractivity contribution in [1.29, 1.82) is 0 Å². The topological polar surface area (TPSA) is 87.6 Å². The molecule has 0 amide bonds. The zero-order valence-electron chi connectivity index (χ0n) is 35.5. The number of rotatable bonds is 19. The number of ether oxygens (including phenoxy) is 3. The molecule has 0 aliphatic carbocycles. The van der Waals surface area contributed by atoms with Gasteiger partial charge < -0.3 is 33.2 Å². The van der Waals surface area contributed by atoms with Crippen molar-refractivity contribution in [2.75, 3.05) is 27.9 Å². The van der Waals surface area contributed by atoms with Crippen LogP contribution in [0.2, 0.25) is 0 Å². The summed E-state index contributed by atoms with van der Waals surface area (Å²) in [5.74, 6) is -41.3. The second-order valence-corrected chi connectivity index (χ2v) is 14.5. The number of hydrogen-bond acceptors (Lipinski definition) is 4. The van der Waals surface area contributed by atoms with E-state index in [4.69, 9.17) is 5.73 Å². The van der Waals surface area contributed by atoms with Crippen LogP contribution in [-0.4, -0.2) is 102 Å². The van der Waals surface area contributed by atoms with Crippen molar-refractivity contribution in [1.82, 2.24) is 0 Å². The SMILES string of the molecule is C.C=[O+][C-](/C=C(\OC)C(F)(F)C(F)(F)C(F)(F)F)C(C)(C)C.C=[O+][C-](/C=C(\OC)C(F)(F)C(F)(F)C(F)(F)F)C(C)(C)C.C=[O+][C-](/C=C(\OC)C(F)(F)C(F)(F)C(F)(F)F)CCCCN.[Eu]. The average Bonchev–Trinajstić information content (AvgIpc) is 3.11. The van der Waals surface area contributed by atoms with Crippen LogP contribution in [0.3, 0.4) is 0 Å². The first kappa shape index (κ1) is 72.3. The first-order valence-corrected chi connectivity index (χ1v) is 17.0. The van der Waals surface area contributed by atoms with Gasteiger partial charge in [0.25, 0.3) is 0 Å². The van der Waals surface area contributed by atoms with Crippen LogP contribution in [0, 0.1) is 78.5 Å². The number of methoxy groups -OCH3 is 3. The molecule has 0 spiro atoms. The minimum Gasteiger partial charge on any atom is -0.551 e. The molecule has 0 heterocycles. The van der Waals surface area contributed by atoms with Crippen molar-refractivity contribution in [2.45, 2.75) is 122 Å². The van der Waals surface area contributed by atoms with E-state index < -0.39 is 82.2 Å². The minimum absolute atomic E-state index is 0. The summed E-state index contributed by atoms with van der Waals surface area (Å²) in [6, 6.07) is 0. The van der Waals surface area contributed by atoms with Crippen molar-refractivity contribution >= 4 is 20.4 Å². The third kappa shape index (κ3) is 18.3. The normalized spacial score (nSPS) is 14.1. The maximum Gasteiger partial charge on any atom is 0.459 e. The summed E-state index contributed by atoms with van der Waals surface area (Å²) in [4.78, 5) is 0. The van der Waals surface area contributed by atoms with E-state index in [1.807, 2.05) is 0 Å². The molecular weight excluding hydrogens is 1110 g/mol. The first-order valence-electron chi connectivity index (χ1n) is 17.0. The molecule has 0 atom stereocenters. The second kappa shape index (κ2) is 26.3. The Balaban J connectivity index is -0.000000278. The number of hydrogen-bond donors (Lipinski definition) is 1. The molecule has 1 radical (unpaired) electrons. The van der Waals surface area contributed by atoms with Gasteiger partial charge in [0.15, 0.2) is 20.4 Å². The summed E-state index contributed by atoms with van der Waals surface area (Å²) < 4.78 is 293. The summed E-state index contributed by atoms with van der Waals surface area (Å²) in [6.45, 7) is 17.8. The zero-order chi connectivity index (χ0) is 52.2. The van der Waals surface area contributed by atoms with E-state index in [0.717, 1.165) is 0 Å².